The maximum Gasteiger partial charge on any atom is 0.352 e. The van der Waals surface area contributed by atoms with E-state index in [1.165, 1.54) is 19.4 Å². The lowest BCUT2D eigenvalue weighted by atomic mass is 9.86. The number of esters is 2. The molecular formula is C33H46N2O6. The van der Waals surface area contributed by atoms with Crippen LogP contribution < -0.4 is 20.1 Å². The fraction of sp³-hybridized carbons (Fsp3) is 0.515. The number of methoxy groups -OCH3 is 2. The lowest BCUT2D eigenvalue weighted by Crippen LogP contribution is -2.45. The monoisotopic (exact) mass is 566 g/mol. The average Bonchev–Trinajstić information content (AvgIpc) is 2.89. The van der Waals surface area contributed by atoms with Crippen LogP contribution in [0.5, 0.6) is 11.5 Å². The zero-order valence-corrected chi connectivity index (χ0v) is 25.8. The summed E-state index contributed by atoms with van der Waals surface area (Å²) in [5.41, 5.74) is 2.81. The molecule has 0 amide bonds. The van der Waals surface area contributed by atoms with Crippen molar-refractivity contribution in [3.8, 4) is 11.5 Å². The van der Waals surface area contributed by atoms with Gasteiger partial charge >= 0.3 is 11.9 Å². The topological polar surface area (TPSA) is 95.1 Å². The van der Waals surface area contributed by atoms with Gasteiger partial charge in [0.15, 0.2) is 5.57 Å². The number of hydrogen-bond donors (Lipinski definition) is 2. The number of rotatable bonds is 13. The van der Waals surface area contributed by atoms with Crippen molar-refractivity contribution in [3.05, 3.63) is 65.0 Å². The number of carbonyl (C=O) groups is 2. The summed E-state index contributed by atoms with van der Waals surface area (Å²) in [5.74, 6) is -1.55. The zero-order valence-electron chi connectivity index (χ0n) is 25.8. The van der Waals surface area contributed by atoms with Crippen molar-refractivity contribution in [2.45, 2.75) is 97.3 Å². The van der Waals surface area contributed by atoms with Gasteiger partial charge in [-0.3, -0.25) is 0 Å². The molecule has 1 unspecified atom stereocenters. The third-order valence-electron chi connectivity index (χ3n) is 7.06. The number of hydrogen-bond acceptors (Lipinski definition) is 8. The first kappa shape index (κ1) is 31.8. The van der Waals surface area contributed by atoms with Crippen LogP contribution in [0, 0.1) is 0 Å². The van der Waals surface area contributed by atoms with Gasteiger partial charge in [-0.05, 0) is 41.5 Å². The molecule has 1 fully saturated rings. The Kier molecular flexibility index (Phi) is 10.7. The van der Waals surface area contributed by atoms with Crippen molar-refractivity contribution in [2.75, 3.05) is 19.5 Å². The van der Waals surface area contributed by atoms with Crippen LogP contribution in [0.2, 0.25) is 0 Å². The van der Waals surface area contributed by atoms with E-state index in [9.17, 15) is 9.59 Å². The Hall–Kier alpha value is -3.68. The molecule has 3 rings (SSSR count). The molecular weight excluding hydrogens is 520 g/mol. The molecule has 0 aliphatic carbocycles. The van der Waals surface area contributed by atoms with E-state index in [0.29, 0.717) is 23.6 Å². The van der Waals surface area contributed by atoms with Crippen LogP contribution >= 0.6 is 0 Å². The lowest BCUT2D eigenvalue weighted by Gasteiger charge is -2.32. The molecule has 0 spiro atoms. The number of unbranched alkanes of at least 4 members (excludes halogenated alkanes) is 3. The molecule has 1 aliphatic heterocycles. The van der Waals surface area contributed by atoms with E-state index >= 15 is 0 Å². The van der Waals surface area contributed by atoms with Crippen molar-refractivity contribution in [2.24, 2.45) is 0 Å². The highest BCUT2D eigenvalue weighted by Crippen LogP contribution is 2.32. The van der Waals surface area contributed by atoms with Crippen molar-refractivity contribution < 1.29 is 28.5 Å². The molecule has 0 aromatic heterocycles. The molecule has 1 aliphatic rings. The first-order valence-electron chi connectivity index (χ1n) is 14.4. The second-order valence-electron chi connectivity index (χ2n) is 12.0. The van der Waals surface area contributed by atoms with Crippen LogP contribution in [0.1, 0.15) is 84.8 Å². The van der Waals surface area contributed by atoms with E-state index in [0.717, 1.165) is 37.7 Å². The normalized spacial score (nSPS) is 15.5. The molecule has 2 N–H and O–H groups in total. The molecule has 1 saturated heterocycles. The van der Waals surface area contributed by atoms with Gasteiger partial charge in [0.25, 0.3) is 5.79 Å². The quantitative estimate of drug-likeness (QED) is 0.121. The largest absolute Gasteiger partial charge is 0.497 e. The summed E-state index contributed by atoms with van der Waals surface area (Å²) in [6, 6.07) is 13.8. The van der Waals surface area contributed by atoms with E-state index in [4.69, 9.17) is 18.9 Å². The van der Waals surface area contributed by atoms with Gasteiger partial charge in [0.1, 0.15) is 17.3 Å². The van der Waals surface area contributed by atoms with Gasteiger partial charge in [-0.15, -0.1) is 0 Å². The molecule has 1 heterocycles. The van der Waals surface area contributed by atoms with Crippen molar-refractivity contribution in [1.29, 1.82) is 0 Å². The van der Waals surface area contributed by atoms with Crippen molar-refractivity contribution in [3.63, 3.8) is 0 Å². The summed E-state index contributed by atoms with van der Waals surface area (Å²) >= 11 is 0. The number of benzene rings is 2. The molecule has 2 aromatic rings. The number of cyclic esters (lactones) is 2. The number of nitrogens with one attached hydrogen (secondary N) is 2. The molecule has 2 aromatic carbocycles. The van der Waals surface area contributed by atoms with Gasteiger partial charge in [0, 0.05) is 26.0 Å². The summed E-state index contributed by atoms with van der Waals surface area (Å²) < 4.78 is 21.8. The van der Waals surface area contributed by atoms with E-state index < -0.39 is 17.7 Å². The van der Waals surface area contributed by atoms with E-state index in [1.54, 1.807) is 32.4 Å². The molecule has 8 nitrogen and oxygen atoms in total. The maximum absolute atomic E-state index is 13.2. The Morgan fingerprint density at radius 2 is 1.59 bits per heavy atom. The number of ether oxygens (including phenoxy) is 4. The fourth-order valence-corrected chi connectivity index (χ4v) is 4.74. The highest BCUT2D eigenvalue weighted by atomic mass is 16.7. The molecule has 0 bridgehead atoms. The molecule has 0 radical (unpaired) electrons. The van der Waals surface area contributed by atoms with Gasteiger partial charge in [0.05, 0.1) is 19.9 Å². The summed E-state index contributed by atoms with van der Waals surface area (Å²) in [7, 11) is 3.12. The third kappa shape index (κ3) is 8.90. The SMILES string of the molecule is CCCCCCC(Cc1ccc(C(C)(C)C)cc1)NC(Nc1ccc(OC)cc1OC)=C1C(=O)OC(C)(C)OC1=O. The Bertz CT molecular complexity index is 1210. The van der Waals surface area contributed by atoms with Gasteiger partial charge in [-0.2, -0.15) is 0 Å². The minimum atomic E-state index is -1.35. The average molecular weight is 567 g/mol. The van der Waals surface area contributed by atoms with Gasteiger partial charge in [-0.1, -0.05) is 77.6 Å². The maximum atomic E-state index is 13.2. The van der Waals surface area contributed by atoms with Gasteiger partial charge in [-0.25, -0.2) is 9.59 Å². The van der Waals surface area contributed by atoms with Crippen LogP contribution in [-0.2, 0) is 30.9 Å². The predicted octanol–water partition coefficient (Wildman–Crippen LogP) is 6.63. The second kappa shape index (κ2) is 13.8. The standard InChI is InChI=1S/C33H46N2O6/c1-9-10-11-12-13-24(20-22-14-16-23(17-15-22)32(2,3)4)34-29(28-30(36)40-33(5,6)41-31(28)37)35-26-19-18-25(38-7)21-27(26)39-8/h14-19,21,24,34-35H,9-13,20H2,1-8H3. The summed E-state index contributed by atoms with van der Waals surface area (Å²) in [4.78, 5) is 26.3. The lowest BCUT2D eigenvalue weighted by molar-refractivity contribution is -0.222. The van der Waals surface area contributed by atoms with Crippen LogP contribution in [0.3, 0.4) is 0 Å². The van der Waals surface area contributed by atoms with E-state index in [2.05, 4.69) is 62.6 Å². The van der Waals surface area contributed by atoms with Crippen LogP contribution in [0.15, 0.2) is 53.9 Å². The molecule has 1 atom stereocenters. The minimum Gasteiger partial charge on any atom is -0.497 e. The molecule has 224 valence electrons. The zero-order chi connectivity index (χ0) is 30.2. The smallest absolute Gasteiger partial charge is 0.352 e. The highest BCUT2D eigenvalue weighted by Gasteiger charge is 2.41. The number of carbonyl (C=O) groups excluding carboxylic acids is 2. The van der Waals surface area contributed by atoms with E-state index in [1.807, 2.05) is 0 Å². The highest BCUT2D eigenvalue weighted by molar-refractivity contribution is 6.16. The summed E-state index contributed by atoms with van der Waals surface area (Å²) in [6.07, 6.45) is 5.92. The molecule has 8 heteroatoms. The Balaban J connectivity index is 2.00. The first-order chi connectivity index (χ1) is 19.4. The predicted molar refractivity (Wildman–Crippen MR) is 161 cm³/mol. The van der Waals surface area contributed by atoms with Crippen molar-refractivity contribution in [1.82, 2.24) is 5.32 Å². The second-order valence-corrected chi connectivity index (χ2v) is 12.0. The van der Waals surface area contributed by atoms with Crippen molar-refractivity contribution >= 4 is 17.6 Å². The Morgan fingerprint density at radius 1 is 0.927 bits per heavy atom. The molecule has 0 saturated carbocycles. The number of anilines is 1. The van der Waals surface area contributed by atoms with Crippen LogP contribution in [0.25, 0.3) is 0 Å². The van der Waals surface area contributed by atoms with Gasteiger partial charge in [0.2, 0.25) is 0 Å². The molecule has 41 heavy (non-hydrogen) atoms. The summed E-state index contributed by atoms with van der Waals surface area (Å²) in [5, 5.41) is 6.73. The first-order valence-corrected chi connectivity index (χ1v) is 14.4. The van der Waals surface area contributed by atoms with Crippen LogP contribution in [-0.4, -0.2) is 38.0 Å². The van der Waals surface area contributed by atoms with E-state index in [-0.39, 0.29) is 22.9 Å². The fourth-order valence-electron chi connectivity index (χ4n) is 4.74. The van der Waals surface area contributed by atoms with Crippen LogP contribution in [0.4, 0.5) is 5.69 Å². The Labute approximate surface area is 244 Å². The van der Waals surface area contributed by atoms with Gasteiger partial charge < -0.3 is 29.6 Å². The minimum absolute atomic E-state index is 0.0603. The third-order valence-corrected chi connectivity index (χ3v) is 7.06. The Morgan fingerprint density at radius 3 is 2.15 bits per heavy atom. The summed E-state index contributed by atoms with van der Waals surface area (Å²) in [6.45, 7) is 11.8.